The number of hydrogen-bond acceptors (Lipinski definition) is 3. The highest BCUT2D eigenvalue weighted by Crippen LogP contribution is 2.34. The van der Waals surface area contributed by atoms with Crippen molar-refractivity contribution in [2.75, 3.05) is 0 Å². The van der Waals surface area contributed by atoms with Gasteiger partial charge in [-0.15, -0.1) is 0 Å². The van der Waals surface area contributed by atoms with Gasteiger partial charge in [-0.25, -0.2) is 17.5 Å². The fourth-order valence-electron chi connectivity index (χ4n) is 2.26. The normalized spacial score (nSPS) is 17.0. The standard InChI is InChI=1S/C14H20ClFN2O2S/c1-2-11(5-9-3-4-9)18-21(19,20)12-6-10(8-17)14(15)13(16)7-12/h6-7,9,11,18H,2-5,8,17H2,1H3. The average molecular weight is 335 g/mol. The Bertz CT molecular complexity index is 618. The van der Waals surface area contributed by atoms with E-state index in [-0.39, 0.29) is 28.1 Å². The molecule has 1 atom stereocenters. The molecule has 3 N–H and O–H groups in total. The molecule has 0 aromatic heterocycles. The lowest BCUT2D eigenvalue weighted by molar-refractivity contribution is 0.494. The Morgan fingerprint density at radius 1 is 1.48 bits per heavy atom. The molecule has 1 aromatic carbocycles. The predicted octanol–water partition coefficient (Wildman–Crippen LogP) is 2.79. The van der Waals surface area contributed by atoms with E-state index in [2.05, 4.69) is 4.72 Å². The van der Waals surface area contributed by atoms with Gasteiger partial charge in [-0.05, 0) is 36.5 Å². The first-order valence-electron chi connectivity index (χ1n) is 7.07. The molecular weight excluding hydrogens is 315 g/mol. The third-order valence-corrected chi connectivity index (χ3v) is 5.66. The molecule has 0 heterocycles. The quantitative estimate of drug-likeness (QED) is 0.805. The summed E-state index contributed by atoms with van der Waals surface area (Å²) < 4.78 is 41.1. The summed E-state index contributed by atoms with van der Waals surface area (Å²) in [7, 11) is -3.77. The molecule has 0 aliphatic heterocycles. The molecule has 0 spiro atoms. The van der Waals surface area contributed by atoms with E-state index in [1.54, 1.807) is 0 Å². The number of halogens is 2. The van der Waals surface area contributed by atoms with Crippen LogP contribution >= 0.6 is 11.6 Å². The fourth-order valence-corrected chi connectivity index (χ4v) is 3.84. The number of hydrogen-bond donors (Lipinski definition) is 2. The first-order chi connectivity index (χ1) is 9.87. The van der Waals surface area contributed by atoms with Gasteiger partial charge in [0.05, 0.1) is 9.92 Å². The topological polar surface area (TPSA) is 72.2 Å². The molecular formula is C14H20ClFN2O2S. The minimum atomic E-state index is -3.77. The molecule has 118 valence electrons. The molecule has 21 heavy (non-hydrogen) atoms. The van der Waals surface area contributed by atoms with Crippen LogP contribution in [-0.2, 0) is 16.6 Å². The molecule has 0 bridgehead atoms. The van der Waals surface area contributed by atoms with Crippen LogP contribution in [0.3, 0.4) is 0 Å². The molecule has 0 amide bonds. The van der Waals surface area contributed by atoms with Crippen molar-refractivity contribution in [3.8, 4) is 0 Å². The molecule has 1 aromatic rings. The van der Waals surface area contributed by atoms with Gasteiger partial charge in [0.1, 0.15) is 5.82 Å². The van der Waals surface area contributed by atoms with E-state index in [4.69, 9.17) is 17.3 Å². The molecule has 0 saturated heterocycles. The summed E-state index contributed by atoms with van der Waals surface area (Å²) in [4.78, 5) is -0.126. The minimum Gasteiger partial charge on any atom is -0.326 e. The van der Waals surface area contributed by atoms with Crippen molar-refractivity contribution in [3.05, 3.63) is 28.5 Å². The zero-order valence-corrected chi connectivity index (χ0v) is 13.5. The van der Waals surface area contributed by atoms with Gasteiger partial charge in [-0.1, -0.05) is 31.4 Å². The van der Waals surface area contributed by atoms with Crippen molar-refractivity contribution < 1.29 is 12.8 Å². The zero-order chi connectivity index (χ0) is 15.6. The van der Waals surface area contributed by atoms with Gasteiger partial charge in [0.2, 0.25) is 10.0 Å². The van der Waals surface area contributed by atoms with Gasteiger partial charge in [-0.2, -0.15) is 0 Å². The van der Waals surface area contributed by atoms with Gasteiger partial charge in [0, 0.05) is 12.6 Å². The second-order valence-corrected chi connectivity index (χ2v) is 7.58. The maximum atomic E-state index is 13.7. The summed E-state index contributed by atoms with van der Waals surface area (Å²) in [6, 6.07) is 2.15. The lowest BCUT2D eigenvalue weighted by Gasteiger charge is -2.17. The highest BCUT2D eigenvalue weighted by atomic mass is 35.5. The Morgan fingerprint density at radius 3 is 2.67 bits per heavy atom. The molecule has 0 radical (unpaired) electrons. The van der Waals surface area contributed by atoms with Crippen molar-refractivity contribution >= 4 is 21.6 Å². The van der Waals surface area contributed by atoms with Gasteiger partial charge in [0.25, 0.3) is 0 Å². The van der Waals surface area contributed by atoms with E-state index >= 15 is 0 Å². The number of rotatable bonds is 7. The summed E-state index contributed by atoms with van der Waals surface area (Å²) in [5.74, 6) is -0.158. The largest absolute Gasteiger partial charge is 0.326 e. The van der Waals surface area contributed by atoms with Gasteiger partial charge < -0.3 is 5.73 Å². The number of nitrogens with one attached hydrogen (secondary N) is 1. The number of benzene rings is 1. The molecule has 2 rings (SSSR count). The van der Waals surface area contributed by atoms with Crippen molar-refractivity contribution in [1.82, 2.24) is 4.72 Å². The van der Waals surface area contributed by atoms with Crippen LogP contribution in [0.25, 0.3) is 0 Å². The zero-order valence-electron chi connectivity index (χ0n) is 11.9. The van der Waals surface area contributed by atoms with E-state index in [0.717, 1.165) is 25.3 Å². The molecule has 1 aliphatic carbocycles. The SMILES string of the molecule is CCC(CC1CC1)NS(=O)(=O)c1cc(F)c(Cl)c(CN)c1. The Kier molecular flexibility index (Phi) is 5.24. The third kappa shape index (κ3) is 4.16. The highest BCUT2D eigenvalue weighted by Gasteiger charge is 2.28. The second kappa shape index (κ2) is 6.60. The number of sulfonamides is 1. The smallest absolute Gasteiger partial charge is 0.240 e. The first kappa shape index (κ1) is 16.7. The Balaban J connectivity index is 2.23. The molecule has 1 fully saturated rings. The maximum absolute atomic E-state index is 13.7. The van der Waals surface area contributed by atoms with Crippen LogP contribution in [0.5, 0.6) is 0 Å². The van der Waals surface area contributed by atoms with Crippen LogP contribution in [0.15, 0.2) is 17.0 Å². The summed E-state index contributed by atoms with van der Waals surface area (Å²) in [5.41, 5.74) is 5.75. The van der Waals surface area contributed by atoms with E-state index in [9.17, 15) is 12.8 Å². The molecule has 7 heteroatoms. The van der Waals surface area contributed by atoms with Crippen LogP contribution in [-0.4, -0.2) is 14.5 Å². The van der Waals surface area contributed by atoms with Gasteiger partial charge >= 0.3 is 0 Å². The van der Waals surface area contributed by atoms with Gasteiger partial charge in [-0.3, -0.25) is 0 Å². The summed E-state index contributed by atoms with van der Waals surface area (Å²) >= 11 is 5.76. The van der Waals surface area contributed by atoms with Crippen LogP contribution in [0.1, 0.15) is 38.2 Å². The summed E-state index contributed by atoms with van der Waals surface area (Å²) in [6.45, 7) is 1.92. The summed E-state index contributed by atoms with van der Waals surface area (Å²) in [5, 5.41) is -0.124. The number of nitrogens with two attached hydrogens (primary N) is 1. The van der Waals surface area contributed by atoms with Crippen LogP contribution in [0.2, 0.25) is 5.02 Å². The molecule has 1 unspecified atom stereocenters. The van der Waals surface area contributed by atoms with Crippen molar-refractivity contribution in [2.45, 2.75) is 50.1 Å². The lowest BCUT2D eigenvalue weighted by Crippen LogP contribution is -2.35. The van der Waals surface area contributed by atoms with Gasteiger partial charge in [0.15, 0.2) is 0 Å². The Morgan fingerprint density at radius 2 is 2.14 bits per heavy atom. The second-order valence-electron chi connectivity index (χ2n) is 5.49. The minimum absolute atomic E-state index is 0.0155. The van der Waals surface area contributed by atoms with Crippen molar-refractivity contribution in [3.63, 3.8) is 0 Å². The van der Waals surface area contributed by atoms with Crippen LogP contribution < -0.4 is 10.5 Å². The third-order valence-electron chi connectivity index (χ3n) is 3.74. The fraction of sp³-hybridized carbons (Fsp3) is 0.571. The monoisotopic (exact) mass is 334 g/mol. The van der Waals surface area contributed by atoms with E-state index in [1.165, 1.54) is 6.07 Å². The summed E-state index contributed by atoms with van der Waals surface area (Å²) in [6.07, 6.45) is 3.85. The van der Waals surface area contributed by atoms with Crippen LogP contribution in [0, 0.1) is 11.7 Å². The average Bonchev–Trinajstić information content (AvgIpc) is 3.24. The van der Waals surface area contributed by atoms with Crippen LogP contribution in [0.4, 0.5) is 4.39 Å². The van der Waals surface area contributed by atoms with Crippen molar-refractivity contribution in [1.29, 1.82) is 0 Å². The maximum Gasteiger partial charge on any atom is 0.240 e. The van der Waals surface area contributed by atoms with E-state index in [1.807, 2.05) is 6.92 Å². The first-order valence-corrected chi connectivity index (χ1v) is 8.93. The van der Waals surface area contributed by atoms with Crippen molar-refractivity contribution in [2.24, 2.45) is 11.7 Å². The van der Waals surface area contributed by atoms with E-state index in [0.29, 0.717) is 12.3 Å². The molecule has 1 saturated carbocycles. The Hall–Kier alpha value is -0.690. The molecule has 4 nitrogen and oxygen atoms in total. The molecule has 1 aliphatic rings. The lowest BCUT2D eigenvalue weighted by atomic mass is 10.1. The highest BCUT2D eigenvalue weighted by molar-refractivity contribution is 7.89. The van der Waals surface area contributed by atoms with E-state index < -0.39 is 15.8 Å². The Labute approximate surface area is 129 Å². The predicted molar refractivity (Wildman–Crippen MR) is 81.0 cm³/mol.